The first-order valence-electron chi connectivity index (χ1n) is 10.5. The summed E-state index contributed by atoms with van der Waals surface area (Å²) in [7, 11) is 1.81. The minimum absolute atomic E-state index is 0.0692. The molecule has 5 heteroatoms. The number of nitrogens with one attached hydrogen (secondary N) is 1. The minimum Gasteiger partial charge on any atom is -0.394 e. The summed E-state index contributed by atoms with van der Waals surface area (Å²) < 4.78 is 15.1. The van der Waals surface area contributed by atoms with Crippen molar-refractivity contribution in [3.05, 3.63) is 78.0 Å². The summed E-state index contributed by atoms with van der Waals surface area (Å²) in [4.78, 5) is 0. The highest BCUT2D eigenvalue weighted by Gasteiger charge is 2.46. The van der Waals surface area contributed by atoms with Crippen molar-refractivity contribution in [3.8, 4) is 5.69 Å². The van der Waals surface area contributed by atoms with Gasteiger partial charge in [0, 0.05) is 7.05 Å². The summed E-state index contributed by atoms with van der Waals surface area (Å²) in [5.74, 6) is -0.0630. The van der Waals surface area contributed by atoms with Gasteiger partial charge in [-0.15, -0.1) is 0 Å². The molecule has 3 atom stereocenters. The average molecular weight is 410 g/mol. The van der Waals surface area contributed by atoms with Crippen LogP contribution in [0.3, 0.4) is 0 Å². The van der Waals surface area contributed by atoms with Crippen LogP contribution >= 0.6 is 0 Å². The van der Waals surface area contributed by atoms with Gasteiger partial charge in [0.2, 0.25) is 0 Å². The normalized spacial score (nSPS) is 23.1. The van der Waals surface area contributed by atoms with Crippen LogP contribution in [0, 0.1) is 17.2 Å². The van der Waals surface area contributed by atoms with Gasteiger partial charge in [-0.1, -0.05) is 31.2 Å². The Morgan fingerprint density at radius 1 is 1.40 bits per heavy atom. The summed E-state index contributed by atoms with van der Waals surface area (Å²) >= 11 is 0. The van der Waals surface area contributed by atoms with Gasteiger partial charge in [0.1, 0.15) is 5.82 Å². The first-order valence-corrected chi connectivity index (χ1v) is 10.5. The molecule has 0 bridgehead atoms. The Labute approximate surface area is 178 Å². The summed E-state index contributed by atoms with van der Waals surface area (Å²) in [6, 6.07) is 6.43. The van der Waals surface area contributed by atoms with E-state index in [0.717, 1.165) is 42.6 Å². The molecule has 0 spiro atoms. The zero-order chi connectivity index (χ0) is 21.9. The van der Waals surface area contributed by atoms with E-state index in [9.17, 15) is 9.50 Å². The number of aromatic nitrogens is 2. The third-order valence-electron chi connectivity index (χ3n) is 6.43. The van der Waals surface area contributed by atoms with E-state index < -0.39 is 6.10 Å². The van der Waals surface area contributed by atoms with Gasteiger partial charge in [-0.25, -0.2) is 9.07 Å². The highest BCUT2D eigenvalue weighted by Crippen LogP contribution is 2.52. The number of halogens is 1. The van der Waals surface area contributed by atoms with Crippen molar-refractivity contribution in [2.24, 2.45) is 11.3 Å². The van der Waals surface area contributed by atoms with Gasteiger partial charge in [-0.05, 0) is 86.0 Å². The van der Waals surface area contributed by atoms with Gasteiger partial charge < -0.3 is 10.4 Å². The number of hydrogen-bond acceptors (Lipinski definition) is 3. The lowest BCUT2D eigenvalue weighted by Gasteiger charge is -2.47. The Kier molecular flexibility index (Phi) is 6.61. The maximum absolute atomic E-state index is 13.3. The Bertz CT molecular complexity index is 944. The van der Waals surface area contributed by atoms with E-state index in [0.29, 0.717) is 0 Å². The number of aliphatic hydroxyl groups is 1. The third kappa shape index (κ3) is 4.12. The number of benzene rings is 1. The van der Waals surface area contributed by atoms with Crippen LogP contribution < -0.4 is 5.32 Å². The number of hydrogen-bond donors (Lipinski definition) is 2. The Balaban J connectivity index is 0.000000589. The predicted octanol–water partition coefficient (Wildman–Crippen LogP) is 5.04. The summed E-state index contributed by atoms with van der Waals surface area (Å²) in [6.45, 7) is 11.5. The van der Waals surface area contributed by atoms with Gasteiger partial charge >= 0.3 is 0 Å². The van der Waals surface area contributed by atoms with E-state index in [4.69, 9.17) is 0 Å². The first kappa shape index (κ1) is 22.0. The second-order valence-corrected chi connectivity index (χ2v) is 8.49. The minimum atomic E-state index is -0.475. The lowest BCUT2D eigenvalue weighted by atomic mass is 9.58. The van der Waals surface area contributed by atoms with Gasteiger partial charge in [-0.2, -0.15) is 5.10 Å². The standard InChI is InChI=1S/C22H25FN2O.C3H7N/c1-14(2)21(26)19-6-4-5-16-11-20-15(12-22(16,19)3)13-24-25(20)18-9-7-17(23)8-10-18;1-3-4-2/h7-11,13,19,21,26H,1,4-6,12H2,2-3H3;3-4H,1H2,2H3/t19?,21-,22?;/m0./s1. The Hall–Kier alpha value is -2.66. The second-order valence-electron chi connectivity index (χ2n) is 8.49. The van der Waals surface area contributed by atoms with Crippen molar-refractivity contribution < 1.29 is 9.50 Å². The highest BCUT2D eigenvalue weighted by atomic mass is 19.1. The third-order valence-corrected chi connectivity index (χ3v) is 6.43. The maximum Gasteiger partial charge on any atom is 0.123 e. The van der Waals surface area contributed by atoms with Crippen LogP contribution in [0.25, 0.3) is 11.8 Å². The molecule has 0 saturated heterocycles. The van der Waals surface area contributed by atoms with Crippen LogP contribution in [0.5, 0.6) is 0 Å². The molecule has 1 aromatic carbocycles. The fourth-order valence-corrected chi connectivity index (χ4v) is 4.72. The molecule has 0 radical (unpaired) electrons. The molecule has 160 valence electrons. The first-order chi connectivity index (χ1) is 14.3. The van der Waals surface area contributed by atoms with Crippen LogP contribution in [0.15, 0.2) is 61.0 Å². The van der Waals surface area contributed by atoms with E-state index in [1.165, 1.54) is 23.3 Å². The fraction of sp³-hybridized carbons (Fsp3) is 0.400. The topological polar surface area (TPSA) is 50.1 Å². The second kappa shape index (κ2) is 9.00. The van der Waals surface area contributed by atoms with E-state index in [-0.39, 0.29) is 17.2 Å². The molecule has 2 aromatic rings. The van der Waals surface area contributed by atoms with E-state index in [1.54, 1.807) is 18.3 Å². The molecule has 2 N–H and O–H groups in total. The lowest BCUT2D eigenvalue weighted by Crippen LogP contribution is -2.43. The van der Waals surface area contributed by atoms with Crippen LogP contribution in [-0.2, 0) is 6.42 Å². The molecule has 2 aliphatic rings. The fourth-order valence-electron chi connectivity index (χ4n) is 4.72. The van der Waals surface area contributed by atoms with Crippen LogP contribution in [0.4, 0.5) is 4.39 Å². The number of rotatable bonds is 4. The zero-order valence-corrected chi connectivity index (χ0v) is 18.2. The van der Waals surface area contributed by atoms with Crippen molar-refractivity contribution in [1.29, 1.82) is 0 Å². The molecule has 1 heterocycles. The molecule has 2 aliphatic carbocycles. The van der Waals surface area contributed by atoms with Crippen molar-refractivity contribution in [3.63, 3.8) is 0 Å². The molecular formula is C25H32FN3O. The molecule has 30 heavy (non-hydrogen) atoms. The maximum atomic E-state index is 13.3. The summed E-state index contributed by atoms with van der Waals surface area (Å²) in [5, 5.41) is 18.0. The van der Waals surface area contributed by atoms with Crippen LogP contribution in [-0.4, -0.2) is 28.0 Å². The summed E-state index contributed by atoms with van der Waals surface area (Å²) in [6.07, 6.45) is 9.31. The van der Waals surface area contributed by atoms with E-state index >= 15 is 0 Å². The number of allylic oxidation sites excluding steroid dienone is 1. The number of nitrogens with zero attached hydrogens (tertiary/aromatic N) is 2. The molecule has 0 amide bonds. The van der Waals surface area contributed by atoms with Gasteiger partial charge in [0.15, 0.2) is 0 Å². The molecule has 4 nitrogen and oxygen atoms in total. The molecule has 4 rings (SSSR count). The van der Waals surface area contributed by atoms with Crippen molar-refractivity contribution in [1.82, 2.24) is 15.1 Å². The van der Waals surface area contributed by atoms with Gasteiger partial charge in [-0.3, -0.25) is 0 Å². The quantitative estimate of drug-likeness (QED) is 0.695. The molecule has 1 aromatic heterocycles. The lowest BCUT2D eigenvalue weighted by molar-refractivity contribution is 0.0462. The van der Waals surface area contributed by atoms with Crippen molar-refractivity contribution in [2.45, 2.75) is 45.6 Å². The van der Waals surface area contributed by atoms with Gasteiger partial charge in [0.25, 0.3) is 0 Å². The summed E-state index contributed by atoms with van der Waals surface area (Å²) in [5.41, 5.74) is 5.27. The highest BCUT2D eigenvalue weighted by molar-refractivity contribution is 5.61. The smallest absolute Gasteiger partial charge is 0.123 e. The van der Waals surface area contributed by atoms with E-state index in [2.05, 4.69) is 36.6 Å². The van der Waals surface area contributed by atoms with Gasteiger partial charge in [0.05, 0.1) is 23.7 Å². The van der Waals surface area contributed by atoms with Crippen molar-refractivity contribution >= 4 is 6.08 Å². The monoisotopic (exact) mass is 409 g/mol. The number of fused-ring (bicyclic) bond motifs is 2. The Morgan fingerprint density at radius 2 is 2.07 bits per heavy atom. The van der Waals surface area contributed by atoms with E-state index in [1.807, 2.05) is 24.9 Å². The molecule has 1 saturated carbocycles. The van der Waals surface area contributed by atoms with Crippen molar-refractivity contribution in [2.75, 3.05) is 7.05 Å². The average Bonchev–Trinajstić information content (AvgIpc) is 3.13. The largest absolute Gasteiger partial charge is 0.394 e. The molecule has 2 unspecified atom stereocenters. The predicted molar refractivity (Wildman–Crippen MR) is 121 cm³/mol. The molecule has 1 fully saturated rings. The zero-order valence-electron chi connectivity index (χ0n) is 18.2. The molecular weight excluding hydrogens is 377 g/mol. The number of aliphatic hydroxyl groups excluding tert-OH is 1. The molecule has 0 aliphatic heterocycles. The SMILES string of the molecule is C=C(C)[C@H](O)C1CCCC2=Cc3c(cnn3-c3ccc(F)cc3)CC21C.C=CNC. The van der Waals surface area contributed by atoms with Crippen LogP contribution in [0.2, 0.25) is 0 Å². The Morgan fingerprint density at radius 3 is 2.67 bits per heavy atom. The van der Waals surface area contributed by atoms with Crippen LogP contribution in [0.1, 0.15) is 44.4 Å².